The minimum Gasteiger partial charge on any atom is -0.308 e. The first kappa shape index (κ1) is 18.1. The molecule has 0 aliphatic rings. The lowest BCUT2D eigenvalue weighted by molar-refractivity contribution is 0.0977. The molecule has 3 aromatic rings. The van der Waals surface area contributed by atoms with Crippen LogP contribution >= 0.6 is 46.8 Å². The molecule has 0 fully saturated rings. The Morgan fingerprint density at radius 3 is 2.64 bits per heavy atom. The monoisotopic (exact) mass is 409 g/mol. The van der Waals surface area contributed by atoms with Gasteiger partial charge in [0.15, 0.2) is 10.2 Å². The van der Waals surface area contributed by atoms with E-state index in [0.29, 0.717) is 26.3 Å². The summed E-state index contributed by atoms with van der Waals surface area (Å²) in [5.41, 5.74) is 3.32. The third-order valence-corrected chi connectivity index (χ3v) is 5.60. The number of nitrogens with one attached hydrogen (secondary N) is 2. The van der Waals surface area contributed by atoms with Crippen molar-refractivity contribution in [3.63, 3.8) is 0 Å². The number of thiazole rings is 1. The summed E-state index contributed by atoms with van der Waals surface area (Å²) < 4.78 is 0.875. The standard InChI is InChI=1S/C17H13Cl2N3OS2/c1-8-3-4-10(7-9(8)2)15(23)21-16(24)22-17-20-14-12(25-17)6-5-11(18)13(14)19/h3-7H,1-2H3,(H2,20,21,22,23,24). The quantitative estimate of drug-likeness (QED) is 0.560. The molecule has 8 heteroatoms. The zero-order valence-electron chi connectivity index (χ0n) is 13.3. The molecular formula is C17H13Cl2N3OS2. The Labute approximate surface area is 164 Å². The normalized spacial score (nSPS) is 10.7. The number of halogens is 2. The highest BCUT2D eigenvalue weighted by Gasteiger charge is 2.13. The molecule has 4 nitrogen and oxygen atoms in total. The maximum atomic E-state index is 12.3. The van der Waals surface area contributed by atoms with Crippen molar-refractivity contribution in [1.82, 2.24) is 10.3 Å². The number of carbonyl (C=O) groups is 1. The fourth-order valence-corrected chi connectivity index (χ4v) is 3.73. The molecule has 0 unspecified atom stereocenters. The van der Waals surface area contributed by atoms with Gasteiger partial charge in [0, 0.05) is 5.56 Å². The zero-order valence-corrected chi connectivity index (χ0v) is 16.5. The van der Waals surface area contributed by atoms with Gasteiger partial charge in [-0.3, -0.25) is 10.1 Å². The summed E-state index contributed by atoms with van der Waals surface area (Å²) in [5.74, 6) is -0.275. The summed E-state index contributed by atoms with van der Waals surface area (Å²) >= 11 is 18.7. The average Bonchev–Trinajstić information content (AvgIpc) is 2.96. The molecule has 1 heterocycles. The minimum atomic E-state index is -0.275. The molecule has 0 bridgehead atoms. The Morgan fingerprint density at radius 2 is 1.92 bits per heavy atom. The van der Waals surface area contributed by atoms with Crippen LogP contribution in [0.1, 0.15) is 21.5 Å². The number of rotatable bonds is 2. The van der Waals surface area contributed by atoms with Crippen molar-refractivity contribution in [3.8, 4) is 0 Å². The number of carbonyl (C=O) groups excluding carboxylic acids is 1. The van der Waals surface area contributed by atoms with Gasteiger partial charge in [-0.05, 0) is 61.5 Å². The Balaban J connectivity index is 1.73. The first-order valence-electron chi connectivity index (χ1n) is 7.29. The predicted octanol–water partition coefficient (Wildman–Crippen LogP) is 5.35. The van der Waals surface area contributed by atoms with Crippen LogP contribution in [0.3, 0.4) is 0 Å². The summed E-state index contributed by atoms with van der Waals surface area (Å²) in [7, 11) is 0. The van der Waals surface area contributed by atoms with Crippen LogP contribution in [0.25, 0.3) is 10.2 Å². The molecule has 0 radical (unpaired) electrons. The van der Waals surface area contributed by atoms with E-state index in [1.807, 2.05) is 32.0 Å². The van der Waals surface area contributed by atoms with E-state index in [1.54, 1.807) is 12.1 Å². The minimum absolute atomic E-state index is 0.171. The van der Waals surface area contributed by atoms with Crippen LogP contribution in [-0.4, -0.2) is 16.0 Å². The highest BCUT2D eigenvalue weighted by molar-refractivity contribution is 7.80. The van der Waals surface area contributed by atoms with Gasteiger partial charge in [0.1, 0.15) is 5.52 Å². The summed E-state index contributed by atoms with van der Waals surface area (Å²) in [6.07, 6.45) is 0. The van der Waals surface area contributed by atoms with Gasteiger partial charge in [-0.1, -0.05) is 40.6 Å². The SMILES string of the molecule is Cc1ccc(C(=O)NC(=S)Nc2nc3c(Cl)c(Cl)ccc3s2)cc1C. The molecule has 0 spiro atoms. The molecule has 2 N–H and O–H groups in total. The second-order valence-electron chi connectivity index (χ2n) is 5.43. The van der Waals surface area contributed by atoms with Gasteiger partial charge in [-0.25, -0.2) is 4.98 Å². The summed E-state index contributed by atoms with van der Waals surface area (Å²) in [6.45, 7) is 3.95. The summed E-state index contributed by atoms with van der Waals surface area (Å²) in [6, 6.07) is 9.05. The predicted molar refractivity (Wildman–Crippen MR) is 109 cm³/mol. The number of fused-ring (bicyclic) bond motifs is 1. The zero-order chi connectivity index (χ0) is 18.1. The molecule has 0 aliphatic heterocycles. The summed E-state index contributed by atoms with van der Waals surface area (Å²) in [4.78, 5) is 16.7. The molecule has 25 heavy (non-hydrogen) atoms. The largest absolute Gasteiger partial charge is 0.308 e. The molecule has 0 atom stereocenters. The number of hydrogen-bond donors (Lipinski definition) is 2. The van der Waals surface area contributed by atoms with Gasteiger partial charge in [0.25, 0.3) is 5.91 Å². The number of thiocarbonyl (C=S) groups is 1. The van der Waals surface area contributed by atoms with E-state index >= 15 is 0 Å². The first-order chi connectivity index (χ1) is 11.8. The maximum Gasteiger partial charge on any atom is 0.257 e. The molecule has 0 saturated heterocycles. The van der Waals surface area contributed by atoms with Crippen LogP contribution in [-0.2, 0) is 0 Å². The van der Waals surface area contributed by atoms with Crippen LogP contribution in [0.4, 0.5) is 5.13 Å². The van der Waals surface area contributed by atoms with Crippen LogP contribution < -0.4 is 10.6 Å². The molecule has 0 saturated carbocycles. The Bertz CT molecular complexity index is 1000. The number of benzene rings is 2. The van der Waals surface area contributed by atoms with Gasteiger partial charge in [-0.2, -0.15) is 0 Å². The number of nitrogens with zero attached hydrogens (tertiary/aromatic N) is 1. The molecule has 1 amide bonds. The first-order valence-corrected chi connectivity index (χ1v) is 9.27. The second-order valence-corrected chi connectivity index (χ2v) is 7.66. The van der Waals surface area contributed by atoms with Crippen molar-refractivity contribution in [2.45, 2.75) is 13.8 Å². The van der Waals surface area contributed by atoms with Crippen LogP contribution in [0.15, 0.2) is 30.3 Å². The molecular weight excluding hydrogens is 397 g/mol. The van der Waals surface area contributed by atoms with Crippen molar-refractivity contribution >= 4 is 73.1 Å². The fourth-order valence-electron chi connectivity index (χ4n) is 2.18. The van der Waals surface area contributed by atoms with E-state index in [2.05, 4.69) is 15.6 Å². The molecule has 128 valence electrons. The van der Waals surface area contributed by atoms with Crippen molar-refractivity contribution in [2.24, 2.45) is 0 Å². The smallest absolute Gasteiger partial charge is 0.257 e. The van der Waals surface area contributed by atoms with E-state index in [9.17, 15) is 4.79 Å². The third kappa shape index (κ3) is 3.93. The lowest BCUT2D eigenvalue weighted by Crippen LogP contribution is -2.34. The van der Waals surface area contributed by atoms with E-state index in [4.69, 9.17) is 35.4 Å². The maximum absolute atomic E-state index is 12.3. The number of anilines is 1. The van der Waals surface area contributed by atoms with Gasteiger partial charge < -0.3 is 5.32 Å². The van der Waals surface area contributed by atoms with Gasteiger partial charge >= 0.3 is 0 Å². The Morgan fingerprint density at radius 1 is 1.16 bits per heavy atom. The Hall–Kier alpha value is -1.73. The fraction of sp³-hybridized carbons (Fsp3) is 0.118. The third-order valence-electron chi connectivity index (χ3n) is 3.67. The van der Waals surface area contributed by atoms with Crippen molar-refractivity contribution in [1.29, 1.82) is 0 Å². The highest BCUT2D eigenvalue weighted by atomic mass is 35.5. The lowest BCUT2D eigenvalue weighted by Gasteiger charge is -2.08. The van der Waals surface area contributed by atoms with Crippen molar-refractivity contribution in [2.75, 3.05) is 5.32 Å². The number of aromatic nitrogens is 1. The van der Waals surface area contributed by atoms with Crippen LogP contribution in [0.2, 0.25) is 10.0 Å². The Kier molecular flexibility index (Phi) is 5.24. The van der Waals surface area contributed by atoms with Gasteiger partial charge in [-0.15, -0.1) is 0 Å². The van der Waals surface area contributed by atoms with E-state index in [-0.39, 0.29) is 11.0 Å². The van der Waals surface area contributed by atoms with E-state index < -0.39 is 0 Å². The highest BCUT2D eigenvalue weighted by Crippen LogP contribution is 2.35. The van der Waals surface area contributed by atoms with Crippen molar-refractivity contribution in [3.05, 3.63) is 57.1 Å². The molecule has 2 aromatic carbocycles. The summed E-state index contributed by atoms with van der Waals surface area (Å²) in [5, 5.41) is 7.10. The lowest BCUT2D eigenvalue weighted by atomic mass is 10.1. The number of hydrogen-bond acceptors (Lipinski definition) is 4. The van der Waals surface area contributed by atoms with Crippen molar-refractivity contribution < 1.29 is 4.79 Å². The topological polar surface area (TPSA) is 54.0 Å². The second kappa shape index (κ2) is 7.25. The molecule has 1 aromatic heterocycles. The molecule has 3 rings (SSSR count). The van der Waals surface area contributed by atoms with E-state index in [1.165, 1.54) is 11.3 Å². The van der Waals surface area contributed by atoms with Crippen LogP contribution in [0.5, 0.6) is 0 Å². The van der Waals surface area contributed by atoms with E-state index in [0.717, 1.165) is 15.8 Å². The number of aryl methyl sites for hydroxylation is 2. The molecule has 0 aliphatic carbocycles. The van der Waals surface area contributed by atoms with Gasteiger partial charge in [0.05, 0.1) is 14.7 Å². The average molecular weight is 410 g/mol. The number of amides is 1. The van der Waals surface area contributed by atoms with Gasteiger partial charge in [0.2, 0.25) is 0 Å². The van der Waals surface area contributed by atoms with Crippen LogP contribution in [0, 0.1) is 13.8 Å².